The Morgan fingerprint density at radius 1 is 1.19 bits per heavy atom. The van der Waals surface area contributed by atoms with E-state index in [-0.39, 0.29) is 0 Å². The predicted molar refractivity (Wildman–Crippen MR) is 68.0 cm³/mol. The summed E-state index contributed by atoms with van der Waals surface area (Å²) in [4.78, 5) is 0. The van der Waals surface area contributed by atoms with Crippen LogP contribution in [-0.4, -0.2) is 22.6 Å². The van der Waals surface area contributed by atoms with E-state index in [0.29, 0.717) is 0 Å². The Balaban J connectivity index is 2.11. The number of anilines is 1. The van der Waals surface area contributed by atoms with E-state index in [0.717, 1.165) is 41.9 Å². The number of hydrogen-bond acceptors (Lipinski definition) is 3. The van der Waals surface area contributed by atoms with Gasteiger partial charge in [0.25, 0.3) is 0 Å². The van der Waals surface area contributed by atoms with Gasteiger partial charge in [-0.15, -0.1) is 11.6 Å². The molecule has 1 heterocycles. The van der Waals surface area contributed by atoms with Crippen LogP contribution in [0.5, 0.6) is 0 Å². The zero-order valence-electron chi connectivity index (χ0n) is 8.99. The fraction of sp³-hybridized carbons (Fsp3) is 0.333. The van der Waals surface area contributed by atoms with Gasteiger partial charge >= 0.3 is 0 Å². The molecular formula is C12H14ClN3. The van der Waals surface area contributed by atoms with E-state index in [1.165, 1.54) is 0 Å². The lowest BCUT2D eigenvalue weighted by Gasteiger charge is -2.07. The fourth-order valence-corrected chi connectivity index (χ4v) is 1.78. The molecule has 2 rings (SSSR count). The zero-order chi connectivity index (χ0) is 11.2. The van der Waals surface area contributed by atoms with Crippen LogP contribution in [0.2, 0.25) is 0 Å². The summed E-state index contributed by atoms with van der Waals surface area (Å²) in [6.45, 7) is 0.919. The molecule has 84 valence electrons. The standard InChI is InChI=1S/C12H14ClN3/c13-7-3-4-8-14-12-9-15-16-11-6-2-1-5-10(11)12/h1-2,5-6,9H,3-4,7-8H2,(H,14,16). The number of alkyl halides is 1. The molecule has 0 bridgehead atoms. The second kappa shape index (κ2) is 5.66. The molecule has 1 aromatic carbocycles. The minimum atomic E-state index is 0.719. The molecule has 0 spiro atoms. The van der Waals surface area contributed by atoms with Crippen molar-refractivity contribution in [3.05, 3.63) is 30.5 Å². The third-order valence-electron chi connectivity index (χ3n) is 2.42. The molecule has 0 aliphatic carbocycles. The molecule has 0 unspecified atom stereocenters. The van der Waals surface area contributed by atoms with Gasteiger partial charge in [-0.05, 0) is 18.9 Å². The van der Waals surface area contributed by atoms with Crippen LogP contribution in [-0.2, 0) is 0 Å². The van der Waals surface area contributed by atoms with E-state index in [2.05, 4.69) is 15.5 Å². The van der Waals surface area contributed by atoms with Crippen molar-refractivity contribution in [3.8, 4) is 0 Å². The van der Waals surface area contributed by atoms with Gasteiger partial charge in [-0.2, -0.15) is 10.2 Å². The van der Waals surface area contributed by atoms with E-state index in [1.54, 1.807) is 6.20 Å². The molecule has 3 nitrogen and oxygen atoms in total. The average Bonchev–Trinajstić information content (AvgIpc) is 2.35. The van der Waals surface area contributed by atoms with Crippen LogP contribution in [0.15, 0.2) is 30.5 Å². The SMILES string of the molecule is ClCCCCNc1cnnc2ccccc12. The minimum Gasteiger partial charge on any atom is -0.383 e. The van der Waals surface area contributed by atoms with Gasteiger partial charge in [0, 0.05) is 17.8 Å². The van der Waals surface area contributed by atoms with Crippen molar-refractivity contribution in [2.24, 2.45) is 0 Å². The highest BCUT2D eigenvalue weighted by molar-refractivity contribution is 6.17. The Morgan fingerprint density at radius 2 is 2.06 bits per heavy atom. The highest BCUT2D eigenvalue weighted by Gasteiger charge is 2.00. The van der Waals surface area contributed by atoms with Crippen molar-refractivity contribution in [1.29, 1.82) is 0 Å². The smallest absolute Gasteiger partial charge is 0.0950 e. The highest BCUT2D eigenvalue weighted by atomic mass is 35.5. The average molecular weight is 236 g/mol. The maximum absolute atomic E-state index is 5.63. The normalized spacial score (nSPS) is 10.6. The van der Waals surface area contributed by atoms with Gasteiger partial charge in [-0.25, -0.2) is 0 Å². The maximum atomic E-state index is 5.63. The number of unbranched alkanes of at least 4 members (excludes halogenated alkanes) is 1. The Labute approximate surface area is 99.8 Å². The number of aromatic nitrogens is 2. The van der Waals surface area contributed by atoms with Crippen LogP contribution in [0.3, 0.4) is 0 Å². The lowest BCUT2D eigenvalue weighted by Crippen LogP contribution is -2.03. The van der Waals surface area contributed by atoms with Gasteiger partial charge in [0.05, 0.1) is 17.4 Å². The Hall–Kier alpha value is -1.35. The van der Waals surface area contributed by atoms with Gasteiger partial charge in [-0.3, -0.25) is 0 Å². The predicted octanol–water partition coefficient (Wildman–Crippen LogP) is 3.06. The third-order valence-corrected chi connectivity index (χ3v) is 2.69. The van der Waals surface area contributed by atoms with Crippen LogP contribution in [0, 0.1) is 0 Å². The number of rotatable bonds is 5. The first-order valence-electron chi connectivity index (χ1n) is 5.42. The molecular weight excluding hydrogens is 222 g/mol. The Kier molecular flexibility index (Phi) is 3.94. The van der Waals surface area contributed by atoms with Crippen molar-refractivity contribution in [3.63, 3.8) is 0 Å². The summed E-state index contributed by atoms with van der Waals surface area (Å²) in [6.07, 6.45) is 3.87. The molecule has 0 aliphatic rings. The summed E-state index contributed by atoms with van der Waals surface area (Å²) in [7, 11) is 0. The van der Waals surface area contributed by atoms with Gasteiger partial charge in [-0.1, -0.05) is 18.2 Å². The van der Waals surface area contributed by atoms with Crippen LogP contribution in [0.25, 0.3) is 10.9 Å². The first-order chi connectivity index (χ1) is 7.92. The number of halogens is 1. The number of nitrogens with one attached hydrogen (secondary N) is 1. The third kappa shape index (κ3) is 2.61. The van der Waals surface area contributed by atoms with Crippen molar-refractivity contribution in [1.82, 2.24) is 10.2 Å². The number of fused-ring (bicyclic) bond motifs is 1. The van der Waals surface area contributed by atoms with E-state index >= 15 is 0 Å². The van der Waals surface area contributed by atoms with Crippen molar-refractivity contribution < 1.29 is 0 Å². The molecule has 0 saturated carbocycles. The number of hydrogen-bond donors (Lipinski definition) is 1. The summed E-state index contributed by atoms with van der Waals surface area (Å²) in [5.74, 6) is 0.719. The molecule has 0 fully saturated rings. The molecule has 0 aliphatic heterocycles. The van der Waals surface area contributed by atoms with Crippen LogP contribution >= 0.6 is 11.6 Å². The number of nitrogens with zero attached hydrogens (tertiary/aromatic N) is 2. The highest BCUT2D eigenvalue weighted by Crippen LogP contribution is 2.19. The van der Waals surface area contributed by atoms with E-state index < -0.39 is 0 Å². The molecule has 0 saturated heterocycles. The van der Waals surface area contributed by atoms with Crippen molar-refractivity contribution in [2.45, 2.75) is 12.8 Å². The zero-order valence-corrected chi connectivity index (χ0v) is 9.74. The topological polar surface area (TPSA) is 37.8 Å². The molecule has 1 aromatic heterocycles. The molecule has 0 radical (unpaired) electrons. The van der Waals surface area contributed by atoms with E-state index in [9.17, 15) is 0 Å². The second-order valence-corrected chi connectivity index (χ2v) is 3.98. The second-order valence-electron chi connectivity index (χ2n) is 3.60. The van der Waals surface area contributed by atoms with Crippen molar-refractivity contribution >= 4 is 28.2 Å². The van der Waals surface area contributed by atoms with Gasteiger partial charge in [0.1, 0.15) is 0 Å². The van der Waals surface area contributed by atoms with Crippen LogP contribution < -0.4 is 5.32 Å². The Bertz CT molecular complexity index is 453. The van der Waals surface area contributed by atoms with Gasteiger partial charge in [0.15, 0.2) is 0 Å². The van der Waals surface area contributed by atoms with E-state index in [4.69, 9.17) is 11.6 Å². The fourth-order valence-electron chi connectivity index (χ4n) is 1.59. The molecule has 4 heteroatoms. The van der Waals surface area contributed by atoms with Gasteiger partial charge < -0.3 is 5.32 Å². The molecule has 0 amide bonds. The Morgan fingerprint density at radius 3 is 2.94 bits per heavy atom. The quantitative estimate of drug-likeness (QED) is 0.639. The van der Waals surface area contributed by atoms with Crippen molar-refractivity contribution in [2.75, 3.05) is 17.7 Å². The lowest BCUT2D eigenvalue weighted by atomic mass is 10.2. The van der Waals surface area contributed by atoms with Crippen LogP contribution in [0.1, 0.15) is 12.8 Å². The maximum Gasteiger partial charge on any atom is 0.0950 e. The summed E-state index contributed by atoms with van der Waals surface area (Å²) in [5, 5.41) is 12.5. The molecule has 16 heavy (non-hydrogen) atoms. The van der Waals surface area contributed by atoms with Crippen LogP contribution in [0.4, 0.5) is 5.69 Å². The molecule has 0 atom stereocenters. The first-order valence-corrected chi connectivity index (χ1v) is 5.95. The summed E-state index contributed by atoms with van der Waals surface area (Å²) in [5.41, 5.74) is 1.96. The summed E-state index contributed by atoms with van der Waals surface area (Å²) < 4.78 is 0. The first kappa shape index (κ1) is 11.1. The van der Waals surface area contributed by atoms with E-state index in [1.807, 2.05) is 24.3 Å². The van der Waals surface area contributed by atoms with Gasteiger partial charge in [0.2, 0.25) is 0 Å². The summed E-state index contributed by atoms with van der Waals surface area (Å²) in [6, 6.07) is 7.99. The summed E-state index contributed by atoms with van der Waals surface area (Å²) >= 11 is 5.63. The molecule has 2 aromatic rings. The number of benzene rings is 1. The molecule has 1 N–H and O–H groups in total. The monoisotopic (exact) mass is 235 g/mol. The minimum absolute atomic E-state index is 0.719. The largest absolute Gasteiger partial charge is 0.383 e. The lowest BCUT2D eigenvalue weighted by molar-refractivity contribution is 0.839.